The van der Waals surface area contributed by atoms with E-state index in [9.17, 15) is 5.11 Å². The summed E-state index contributed by atoms with van der Waals surface area (Å²) in [5.41, 5.74) is 5.78. The van der Waals surface area contributed by atoms with Crippen LogP contribution in [-0.4, -0.2) is 19.5 Å². The predicted molar refractivity (Wildman–Crippen MR) is 40.8 cm³/mol. The molecule has 3 nitrogen and oxygen atoms in total. The molecule has 0 spiro atoms. The average Bonchev–Trinajstić information content (AvgIpc) is 1.98. The van der Waals surface area contributed by atoms with E-state index in [2.05, 4.69) is 11.6 Å². The Morgan fingerprint density at radius 2 is 2.30 bits per heavy atom. The lowest BCUT2D eigenvalue weighted by molar-refractivity contribution is -0.213. The van der Waals surface area contributed by atoms with Crippen LogP contribution in [0.5, 0.6) is 0 Å². The summed E-state index contributed by atoms with van der Waals surface area (Å²) in [6.45, 7) is 4.16. The molecule has 0 aliphatic rings. The Labute approximate surface area is 61.3 Å². The molecule has 0 aliphatic carbocycles. The zero-order valence-corrected chi connectivity index (χ0v) is 6.26. The monoisotopic (exact) mass is 141 g/mol. The normalized spacial score (nSPS) is 11.6. The summed E-state index contributed by atoms with van der Waals surface area (Å²) in [6, 6.07) is 0. The smallest absolute Gasteiger partial charge is 0.0269 e. The van der Waals surface area contributed by atoms with Gasteiger partial charge in [-0.05, 0) is 30.9 Å². The molecule has 0 saturated heterocycles. The molecule has 0 aromatic rings. The largest absolute Gasteiger partial charge is 0.859 e. The molecule has 0 unspecified atom stereocenters. The van der Waals surface area contributed by atoms with E-state index in [1.54, 1.807) is 0 Å². The van der Waals surface area contributed by atoms with Crippen molar-refractivity contribution >= 4 is 5.90 Å². The zero-order valence-electron chi connectivity index (χ0n) is 6.26. The number of hydrogen-bond donors (Lipinski definition) is 1. The van der Waals surface area contributed by atoms with E-state index in [1.807, 2.05) is 0 Å². The van der Waals surface area contributed by atoms with Gasteiger partial charge in [0.25, 0.3) is 0 Å². The number of nitrogens with zero attached hydrogens (tertiary/aromatic N) is 1. The average molecular weight is 141 g/mol. The van der Waals surface area contributed by atoms with Crippen LogP contribution in [0.1, 0.15) is 12.8 Å². The Balaban J connectivity index is 3.63. The number of nitrogens with two attached hydrogens (primary N) is 1. The van der Waals surface area contributed by atoms with Gasteiger partial charge in [-0.2, -0.15) is 0 Å². The molecule has 0 aromatic heterocycles. The fourth-order valence-corrected chi connectivity index (χ4v) is 0.580. The minimum atomic E-state index is -0.214. The number of hydrogen-bond acceptors (Lipinski definition) is 3. The lowest BCUT2D eigenvalue weighted by Crippen LogP contribution is -2.19. The molecule has 0 atom stereocenters. The van der Waals surface area contributed by atoms with Gasteiger partial charge in [0.05, 0.1) is 0 Å². The second-order valence-corrected chi connectivity index (χ2v) is 2.02. The third-order valence-corrected chi connectivity index (χ3v) is 1.19. The Kier molecular flexibility index (Phi) is 4.58. The van der Waals surface area contributed by atoms with E-state index in [0.29, 0.717) is 18.5 Å². The van der Waals surface area contributed by atoms with Crippen LogP contribution in [0.3, 0.4) is 0 Å². The molecule has 58 valence electrons. The van der Waals surface area contributed by atoms with Crippen molar-refractivity contribution in [3.05, 3.63) is 12.2 Å². The van der Waals surface area contributed by atoms with E-state index in [4.69, 9.17) is 5.73 Å². The van der Waals surface area contributed by atoms with Gasteiger partial charge in [0.15, 0.2) is 0 Å². The van der Waals surface area contributed by atoms with E-state index in [0.717, 1.165) is 6.42 Å². The molecule has 10 heavy (non-hydrogen) atoms. The Hall–Kier alpha value is -0.830. The molecule has 0 amide bonds. The van der Waals surface area contributed by atoms with Gasteiger partial charge >= 0.3 is 0 Å². The topological polar surface area (TPSA) is 61.4 Å². The van der Waals surface area contributed by atoms with Crippen LogP contribution in [-0.2, 0) is 0 Å². The maximum absolute atomic E-state index is 10.7. The maximum atomic E-state index is 10.7. The highest BCUT2D eigenvalue weighted by Crippen LogP contribution is 1.99. The summed E-state index contributed by atoms with van der Waals surface area (Å²) in [5.74, 6) is -0.214. The second-order valence-electron chi connectivity index (χ2n) is 2.02. The van der Waals surface area contributed by atoms with E-state index in [1.165, 1.54) is 7.05 Å². The van der Waals surface area contributed by atoms with Gasteiger partial charge in [0.2, 0.25) is 0 Å². The zero-order chi connectivity index (χ0) is 7.98. The molecule has 0 rings (SSSR count). The van der Waals surface area contributed by atoms with Crippen LogP contribution in [0.25, 0.3) is 0 Å². The van der Waals surface area contributed by atoms with Gasteiger partial charge in [-0.25, -0.2) is 0 Å². The van der Waals surface area contributed by atoms with Crippen molar-refractivity contribution in [2.45, 2.75) is 12.8 Å². The number of rotatable bonds is 4. The van der Waals surface area contributed by atoms with Gasteiger partial charge in [-0.3, -0.25) is 0 Å². The van der Waals surface area contributed by atoms with Crippen molar-refractivity contribution in [1.29, 1.82) is 0 Å². The molecule has 0 aliphatic heterocycles. The van der Waals surface area contributed by atoms with Gasteiger partial charge in [0.1, 0.15) is 0 Å². The maximum Gasteiger partial charge on any atom is 0.0269 e. The van der Waals surface area contributed by atoms with Crippen molar-refractivity contribution in [2.75, 3.05) is 13.6 Å². The minimum Gasteiger partial charge on any atom is -0.859 e. The molecule has 0 bridgehead atoms. The van der Waals surface area contributed by atoms with Crippen molar-refractivity contribution < 1.29 is 5.11 Å². The summed E-state index contributed by atoms with van der Waals surface area (Å²) in [7, 11) is 1.47. The van der Waals surface area contributed by atoms with Crippen LogP contribution < -0.4 is 10.8 Å². The number of aliphatic imine (C=N–C) groups is 1. The first-order chi connectivity index (χ1) is 4.72. The van der Waals surface area contributed by atoms with Crippen LogP contribution in [0.4, 0.5) is 0 Å². The Bertz CT molecular complexity index is 141. The van der Waals surface area contributed by atoms with Crippen molar-refractivity contribution in [2.24, 2.45) is 10.7 Å². The fourth-order valence-electron chi connectivity index (χ4n) is 0.580. The molecular formula is C7H13N2O-. The minimum absolute atomic E-state index is 0.214. The molecule has 0 radical (unpaired) electrons. The lowest BCUT2D eigenvalue weighted by Gasteiger charge is -2.11. The SMILES string of the molecule is C=C(CCCN)C([O-])=NC. The molecule has 2 N–H and O–H groups in total. The molecule has 0 aromatic carbocycles. The van der Waals surface area contributed by atoms with Gasteiger partial charge < -0.3 is 15.8 Å². The summed E-state index contributed by atoms with van der Waals surface area (Å²) >= 11 is 0. The molecule has 3 heteroatoms. The second kappa shape index (κ2) is 4.99. The highest BCUT2D eigenvalue weighted by molar-refractivity contribution is 5.88. The molecule has 0 saturated carbocycles. The lowest BCUT2D eigenvalue weighted by atomic mass is 10.1. The summed E-state index contributed by atoms with van der Waals surface area (Å²) in [4.78, 5) is 3.46. The summed E-state index contributed by atoms with van der Waals surface area (Å²) in [6.07, 6.45) is 1.47. The third-order valence-electron chi connectivity index (χ3n) is 1.19. The molecular weight excluding hydrogens is 128 g/mol. The van der Waals surface area contributed by atoms with Gasteiger partial charge in [-0.1, -0.05) is 6.58 Å². The van der Waals surface area contributed by atoms with Crippen LogP contribution >= 0.6 is 0 Å². The third kappa shape index (κ3) is 3.25. The first-order valence-corrected chi connectivity index (χ1v) is 3.24. The van der Waals surface area contributed by atoms with E-state index < -0.39 is 0 Å². The van der Waals surface area contributed by atoms with Crippen LogP contribution in [0.15, 0.2) is 17.1 Å². The molecule has 0 fully saturated rings. The fraction of sp³-hybridized carbons (Fsp3) is 0.571. The summed E-state index contributed by atoms with van der Waals surface area (Å²) in [5, 5.41) is 10.7. The standard InChI is InChI=1S/C7H14N2O/c1-6(4-3-5-8)7(10)9-2/h1,3-5,8H2,2H3,(H,9,10)/p-1. The van der Waals surface area contributed by atoms with Gasteiger partial charge in [-0.15, -0.1) is 0 Å². The Morgan fingerprint density at radius 3 is 2.70 bits per heavy atom. The van der Waals surface area contributed by atoms with Crippen LogP contribution in [0.2, 0.25) is 0 Å². The highest BCUT2D eigenvalue weighted by Gasteiger charge is 1.90. The highest BCUT2D eigenvalue weighted by atomic mass is 16.3. The molecule has 0 heterocycles. The van der Waals surface area contributed by atoms with Crippen molar-refractivity contribution in [3.8, 4) is 0 Å². The summed E-state index contributed by atoms with van der Waals surface area (Å²) < 4.78 is 0. The quantitative estimate of drug-likeness (QED) is 0.430. The predicted octanol–water partition coefficient (Wildman–Crippen LogP) is -0.330. The van der Waals surface area contributed by atoms with E-state index in [-0.39, 0.29) is 5.90 Å². The van der Waals surface area contributed by atoms with Crippen molar-refractivity contribution in [3.63, 3.8) is 0 Å². The first-order valence-electron chi connectivity index (χ1n) is 3.24. The van der Waals surface area contributed by atoms with Gasteiger partial charge in [0, 0.05) is 7.05 Å². The Morgan fingerprint density at radius 1 is 1.70 bits per heavy atom. The van der Waals surface area contributed by atoms with Crippen molar-refractivity contribution in [1.82, 2.24) is 0 Å². The first kappa shape index (κ1) is 9.17. The van der Waals surface area contributed by atoms with Crippen LogP contribution in [0, 0.1) is 0 Å². The van der Waals surface area contributed by atoms with E-state index >= 15 is 0 Å².